The van der Waals surface area contributed by atoms with Crippen LogP contribution in [-0.4, -0.2) is 41.5 Å². The first-order valence-electron chi connectivity index (χ1n) is 9.94. The molecule has 0 unspecified atom stereocenters. The number of hydrogen-bond acceptors (Lipinski definition) is 5. The molecule has 30 heavy (non-hydrogen) atoms. The molecule has 154 valence electrons. The second-order valence-electron chi connectivity index (χ2n) is 7.83. The number of likely N-dealkylation sites (N-methyl/N-ethyl adjacent to an activating group) is 1. The molecule has 2 aromatic carbocycles. The van der Waals surface area contributed by atoms with Crippen molar-refractivity contribution < 1.29 is 8.81 Å². The lowest BCUT2D eigenvalue weighted by molar-refractivity contribution is 0.0842. The predicted molar refractivity (Wildman–Crippen MR) is 117 cm³/mol. The van der Waals surface area contributed by atoms with E-state index in [1.54, 1.807) is 23.5 Å². The molecule has 0 spiro atoms. The molecule has 0 radical (unpaired) electrons. The van der Waals surface area contributed by atoms with Crippen molar-refractivity contribution in [1.29, 1.82) is 0 Å². The third-order valence-corrected chi connectivity index (χ3v) is 6.64. The highest BCUT2D eigenvalue weighted by atomic mass is 32.1. The summed E-state index contributed by atoms with van der Waals surface area (Å²) in [7, 11) is 2.13. The number of H-pyrrole nitrogens is 1. The molecule has 0 bridgehead atoms. The number of nitrogens with one attached hydrogen (secondary N) is 1. The topological polar surface area (TPSA) is 52.5 Å². The summed E-state index contributed by atoms with van der Waals surface area (Å²) in [5.41, 5.74) is 4.57. The number of benzene rings is 2. The highest BCUT2D eigenvalue weighted by Gasteiger charge is 2.27. The maximum absolute atomic E-state index is 13.4. The molecule has 0 aliphatic carbocycles. The van der Waals surface area contributed by atoms with Crippen molar-refractivity contribution in [3.63, 3.8) is 0 Å². The molecule has 2 aromatic heterocycles. The zero-order valence-electron chi connectivity index (χ0n) is 16.6. The van der Waals surface area contributed by atoms with E-state index < -0.39 is 5.76 Å². The summed E-state index contributed by atoms with van der Waals surface area (Å²) in [4.78, 5) is 20.1. The van der Waals surface area contributed by atoms with Gasteiger partial charge in [0.15, 0.2) is 5.58 Å². The number of thiophene rings is 1. The number of fused-ring (bicyclic) bond motifs is 1. The summed E-state index contributed by atoms with van der Waals surface area (Å²) < 4.78 is 18.6. The van der Waals surface area contributed by atoms with Crippen molar-refractivity contribution in [3.05, 3.63) is 80.7 Å². The van der Waals surface area contributed by atoms with Crippen molar-refractivity contribution in [2.75, 3.05) is 26.7 Å². The summed E-state index contributed by atoms with van der Waals surface area (Å²) in [6.07, 6.45) is 0. The van der Waals surface area contributed by atoms with Gasteiger partial charge in [-0.15, -0.1) is 11.3 Å². The van der Waals surface area contributed by atoms with Gasteiger partial charge in [-0.2, -0.15) is 0 Å². The minimum absolute atomic E-state index is 0.201. The third-order valence-electron chi connectivity index (χ3n) is 5.72. The molecule has 3 heterocycles. The Kier molecular flexibility index (Phi) is 5.02. The fourth-order valence-electron chi connectivity index (χ4n) is 4.09. The van der Waals surface area contributed by atoms with Gasteiger partial charge in [-0.1, -0.05) is 18.2 Å². The summed E-state index contributed by atoms with van der Waals surface area (Å²) >= 11 is 1.73. The third kappa shape index (κ3) is 3.84. The average molecular weight is 424 g/mol. The normalized spacial score (nSPS) is 18.3. The molecule has 7 heteroatoms. The van der Waals surface area contributed by atoms with Gasteiger partial charge in [0.2, 0.25) is 0 Å². The first-order valence-corrected chi connectivity index (χ1v) is 10.8. The molecule has 1 aliphatic heterocycles. The Balaban J connectivity index is 1.38. The van der Waals surface area contributed by atoms with E-state index in [0.29, 0.717) is 11.1 Å². The summed E-state index contributed by atoms with van der Waals surface area (Å²) in [5.74, 6) is -0.636. The van der Waals surface area contributed by atoms with Crippen LogP contribution in [0.25, 0.3) is 22.2 Å². The molecule has 5 rings (SSSR count). The highest BCUT2D eigenvalue weighted by molar-refractivity contribution is 7.10. The molecule has 0 saturated carbocycles. The SMILES string of the molecule is CN1CCN(Cc2cc(-c3ccc4[nH]c(=O)oc4c3)cs2)[C@@H](c2ccc(F)cc2)C1. The van der Waals surface area contributed by atoms with Crippen LogP contribution in [0.15, 0.2) is 63.1 Å². The number of nitrogens with zero attached hydrogens (tertiary/aromatic N) is 2. The van der Waals surface area contributed by atoms with Gasteiger partial charge in [0.25, 0.3) is 0 Å². The number of aromatic nitrogens is 1. The van der Waals surface area contributed by atoms with Gasteiger partial charge in [0, 0.05) is 37.1 Å². The smallest absolute Gasteiger partial charge is 0.408 e. The van der Waals surface area contributed by atoms with E-state index in [2.05, 4.69) is 33.3 Å². The van der Waals surface area contributed by atoms with Crippen LogP contribution in [0.5, 0.6) is 0 Å². The fourth-order valence-corrected chi connectivity index (χ4v) is 5.01. The second kappa shape index (κ2) is 7.83. The Labute approximate surface area is 177 Å². The van der Waals surface area contributed by atoms with E-state index in [9.17, 15) is 9.18 Å². The molecular weight excluding hydrogens is 401 g/mol. The average Bonchev–Trinajstić information content (AvgIpc) is 3.35. The molecule has 4 aromatic rings. The summed E-state index contributed by atoms with van der Waals surface area (Å²) in [6.45, 7) is 3.75. The summed E-state index contributed by atoms with van der Waals surface area (Å²) in [6, 6.07) is 15.1. The van der Waals surface area contributed by atoms with Crippen molar-refractivity contribution in [1.82, 2.24) is 14.8 Å². The van der Waals surface area contributed by atoms with Crippen LogP contribution in [0.4, 0.5) is 4.39 Å². The standard InChI is InChI=1S/C23H22FN3O2S/c1-26-8-9-27(21(13-26)15-2-5-18(24)6-3-15)12-19-10-17(14-30-19)16-4-7-20-22(11-16)29-23(28)25-20/h2-7,10-11,14,21H,8-9,12-13H2,1H3,(H,25,28)/t21-/m1/s1. The molecule has 1 fully saturated rings. The highest BCUT2D eigenvalue weighted by Crippen LogP contribution is 2.32. The van der Waals surface area contributed by atoms with E-state index in [0.717, 1.165) is 42.9 Å². The van der Waals surface area contributed by atoms with Crippen LogP contribution < -0.4 is 5.76 Å². The number of hydrogen-bond donors (Lipinski definition) is 1. The Bertz CT molecular complexity index is 1230. The lowest BCUT2D eigenvalue weighted by Crippen LogP contribution is -2.46. The Morgan fingerprint density at radius 3 is 2.80 bits per heavy atom. The number of halogens is 1. The molecule has 1 saturated heterocycles. The minimum atomic E-state index is -0.435. The number of piperazine rings is 1. The maximum Gasteiger partial charge on any atom is 0.417 e. The van der Waals surface area contributed by atoms with Gasteiger partial charge >= 0.3 is 5.76 Å². The maximum atomic E-state index is 13.4. The van der Waals surface area contributed by atoms with Crippen LogP contribution in [0.1, 0.15) is 16.5 Å². The molecule has 5 nitrogen and oxygen atoms in total. The van der Waals surface area contributed by atoms with Gasteiger partial charge in [0.1, 0.15) is 5.82 Å². The van der Waals surface area contributed by atoms with E-state index in [1.165, 1.54) is 4.88 Å². The largest absolute Gasteiger partial charge is 0.417 e. The van der Waals surface area contributed by atoms with Crippen molar-refractivity contribution in [2.24, 2.45) is 0 Å². The van der Waals surface area contributed by atoms with E-state index in [-0.39, 0.29) is 11.9 Å². The lowest BCUT2D eigenvalue weighted by Gasteiger charge is -2.40. The molecule has 1 atom stereocenters. The van der Waals surface area contributed by atoms with Crippen molar-refractivity contribution in [2.45, 2.75) is 12.6 Å². The van der Waals surface area contributed by atoms with Gasteiger partial charge in [0.05, 0.1) is 5.52 Å². The minimum Gasteiger partial charge on any atom is -0.408 e. The number of oxazole rings is 1. The number of rotatable bonds is 4. The summed E-state index contributed by atoms with van der Waals surface area (Å²) in [5, 5.41) is 2.14. The predicted octanol–water partition coefficient (Wildman–Crippen LogP) is 4.48. The van der Waals surface area contributed by atoms with Crippen LogP contribution in [0.2, 0.25) is 0 Å². The lowest BCUT2D eigenvalue weighted by atomic mass is 10.0. The molecule has 0 amide bonds. The molecular formula is C23H22FN3O2S. The van der Waals surface area contributed by atoms with Crippen molar-refractivity contribution >= 4 is 22.4 Å². The van der Waals surface area contributed by atoms with Crippen LogP contribution in [0, 0.1) is 5.82 Å². The molecule has 1 aliphatic rings. The van der Waals surface area contributed by atoms with Gasteiger partial charge in [-0.05, 0) is 59.4 Å². The van der Waals surface area contributed by atoms with Gasteiger partial charge in [-0.3, -0.25) is 9.88 Å². The van der Waals surface area contributed by atoms with E-state index in [1.807, 2.05) is 30.3 Å². The van der Waals surface area contributed by atoms with Crippen LogP contribution in [-0.2, 0) is 6.54 Å². The Morgan fingerprint density at radius 2 is 1.97 bits per heavy atom. The quantitative estimate of drug-likeness (QED) is 0.526. The first kappa shape index (κ1) is 19.2. The van der Waals surface area contributed by atoms with E-state index >= 15 is 0 Å². The van der Waals surface area contributed by atoms with Crippen molar-refractivity contribution in [3.8, 4) is 11.1 Å². The number of aromatic amines is 1. The fraction of sp³-hybridized carbons (Fsp3) is 0.261. The molecule has 1 N–H and O–H groups in total. The monoisotopic (exact) mass is 423 g/mol. The van der Waals surface area contributed by atoms with Crippen LogP contribution >= 0.6 is 11.3 Å². The van der Waals surface area contributed by atoms with Crippen LogP contribution in [0.3, 0.4) is 0 Å². The Morgan fingerprint density at radius 1 is 1.13 bits per heavy atom. The zero-order chi connectivity index (χ0) is 20.7. The second-order valence-corrected chi connectivity index (χ2v) is 8.82. The Hall–Kier alpha value is -2.74. The van der Waals surface area contributed by atoms with Gasteiger partial charge in [-0.25, -0.2) is 9.18 Å². The van der Waals surface area contributed by atoms with Gasteiger partial charge < -0.3 is 9.32 Å². The first-order chi connectivity index (χ1) is 14.5. The van der Waals surface area contributed by atoms with E-state index in [4.69, 9.17) is 4.42 Å². The zero-order valence-corrected chi connectivity index (χ0v) is 17.4.